The van der Waals surface area contributed by atoms with Crippen LogP contribution >= 0.6 is 0 Å². The molecule has 1 unspecified atom stereocenters. The molecule has 5 nitrogen and oxygen atoms in total. The Bertz CT molecular complexity index is 294. The first kappa shape index (κ1) is 14.4. The first-order chi connectivity index (χ1) is 6.84. The predicted octanol–water partition coefficient (Wildman–Crippen LogP) is -0.383. The topological polar surface area (TPSA) is 80.5 Å². The maximum atomic E-state index is 11.8. The minimum atomic E-state index is -3.32. The summed E-state index contributed by atoms with van der Waals surface area (Å²) in [5.41, 5.74) is 5.36. The highest BCUT2D eigenvalue weighted by molar-refractivity contribution is 7.92. The lowest BCUT2D eigenvalue weighted by molar-refractivity contribution is -0.130. The van der Waals surface area contributed by atoms with Gasteiger partial charge in [-0.05, 0) is 13.3 Å². The van der Waals surface area contributed by atoms with Crippen LogP contribution in [0.4, 0.5) is 0 Å². The number of nitrogens with zero attached hydrogens (tertiary/aromatic N) is 1. The van der Waals surface area contributed by atoms with Crippen molar-refractivity contribution < 1.29 is 13.2 Å². The van der Waals surface area contributed by atoms with Crippen LogP contribution in [-0.4, -0.2) is 50.4 Å². The lowest BCUT2D eigenvalue weighted by atomic mass is 10.3. The third-order valence-electron chi connectivity index (χ3n) is 2.19. The van der Waals surface area contributed by atoms with E-state index in [0.717, 1.165) is 12.7 Å². The first-order valence-electron chi connectivity index (χ1n) is 5.02. The van der Waals surface area contributed by atoms with Crippen molar-refractivity contribution >= 4 is 15.7 Å². The average Bonchev–Trinajstić information content (AvgIpc) is 2.14. The molecular weight excluding hydrogens is 216 g/mol. The van der Waals surface area contributed by atoms with E-state index < -0.39 is 15.1 Å². The normalized spacial score (nSPS) is 13.6. The molecule has 6 heteroatoms. The fraction of sp³-hybridized carbons (Fsp3) is 0.889. The molecule has 1 atom stereocenters. The zero-order valence-corrected chi connectivity index (χ0v) is 10.4. The van der Waals surface area contributed by atoms with Gasteiger partial charge < -0.3 is 10.6 Å². The number of hydrogen-bond donors (Lipinski definition) is 1. The van der Waals surface area contributed by atoms with Crippen LogP contribution in [0, 0.1) is 0 Å². The summed E-state index contributed by atoms with van der Waals surface area (Å²) in [6.45, 7) is 4.66. The summed E-state index contributed by atoms with van der Waals surface area (Å²) in [4.78, 5) is 13.3. The molecule has 0 aliphatic heterocycles. The molecule has 0 radical (unpaired) electrons. The minimum absolute atomic E-state index is 0.349. The van der Waals surface area contributed by atoms with Gasteiger partial charge in [-0.2, -0.15) is 0 Å². The Balaban J connectivity index is 4.63. The Labute approximate surface area is 91.5 Å². The molecule has 0 saturated heterocycles. The Morgan fingerprint density at radius 1 is 1.40 bits per heavy atom. The zero-order valence-electron chi connectivity index (χ0n) is 9.56. The number of amides is 1. The summed E-state index contributed by atoms with van der Waals surface area (Å²) in [6.07, 6.45) is 1.87. The standard InChI is InChI=1S/C9H20N2O3S/c1-4-6-11(7-5-10)9(12)8(2)15(3,13)14/h8H,4-7,10H2,1-3H3. The van der Waals surface area contributed by atoms with E-state index in [9.17, 15) is 13.2 Å². The van der Waals surface area contributed by atoms with E-state index in [2.05, 4.69) is 0 Å². The van der Waals surface area contributed by atoms with Crippen LogP contribution in [0.2, 0.25) is 0 Å². The largest absolute Gasteiger partial charge is 0.340 e. The van der Waals surface area contributed by atoms with Gasteiger partial charge in [-0.15, -0.1) is 0 Å². The van der Waals surface area contributed by atoms with Crippen LogP contribution in [0.1, 0.15) is 20.3 Å². The van der Waals surface area contributed by atoms with Crippen LogP contribution in [0.15, 0.2) is 0 Å². The van der Waals surface area contributed by atoms with Crippen LogP contribution in [0.5, 0.6) is 0 Å². The fourth-order valence-electron chi connectivity index (χ4n) is 1.20. The summed E-state index contributed by atoms with van der Waals surface area (Å²) in [7, 11) is -3.32. The summed E-state index contributed by atoms with van der Waals surface area (Å²) < 4.78 is 22.4. The fourth-order valence-corrected chi connectivity index (χ4v) is 1.71. The molecular formula is C9H20N2O3S. The number of sulfone groups is 1. The summed E-state index contributed by atoms with van der Waals surface area (Å²) >= 11 is 0. The lowest BCUT2D eigenvalue weighted by Gasteiger charge is -2.24. The second-order valence-corrected chi connectivity index (χ2v) is 5.95. The van der Waals surface area contributed by atoms with E-state index in [-0.39, 0.29) is 5.91 Å². The van der Waals surface area contributed by atoms with Crippen LogP contribution in [0.3, 0.4) is 0 Å². The molecule has 90 valence electrons. The Kier molecular flexibility index (Phi) is 5.82. The van der Waals surface area contributed by atoms with Crippen molar-refractivity contribution in [3.8, 4) is 0 Å². The monoisotopic (exact) mass is 236 g/mol. The summed E-state index contributed by atoms with van der Waals surface area (Å²) in [5.74, 6) is -0.357. The quantitative estimate of drug-likeness (QED) is 0.681. The third-order valence-corrected chi connectivity index (χ3v) is 3.68. The van der Waals surface area contributed by atoms with Gasteiger partial charge in [0.1, 0.15) is 5.25 Å². The Morgan fingerprint density at radius 3 is 2.27 bits per heavy atom. The summed E-state index contributed by atoms with van der Waals surface area (Å²) in [6, 6.07) is 0. The van der Waals surface area contributed by atoms with E-state index in [1.807, 2.05) is 6.92 Å². The predicted molar refractivity (Wildman–Crippen MR) is 60.2 cm³/mol. The van der Waals surface area contributed by atoms with Crippen LogP contribution < -0.4 is 5.73 Å². The smallest absolute Gasteiger partial charge is 0.240 e. The minimum Gasteiger partial charge on any atom is -0.340 e. The van der Waals surface area contributed by atoms with E-state index >= 15 is 0 Å². The number of rotatable bonds is 6. The molecule has 0 spiro atoms. The zero-order chi connectivity index (χ0) is 12.1. The molecule has 0 heterocycles. The molecule has 1 amide bonds. The molecule has 0 aromatic rings. The van der Waals surface area contributed by atoms with E-state index in [4.69, 9.17) is 5.73 Å². The average molecular weight is 236 g/mol. The van der Waals surface area contributed by atoms with Gasteiger partial charge >= 0.3 is 0 Å². The molecule has 0 aliphatic rings. The maximum absolute atomic E-state index is 11.8. The van der Waals surface area contributed by atoms with E-state index in [0.29, 0.717) is 19.6 Å². The van der Waals surface area contributed by atoms with Crippen molar-refractivity contribution in [3.63, 3.8) is 0 Å². The highest BCUT2D eigenvalue weighted by atomic mass is 32.2. The van der Waals surface area contributed by atoms with Crippen LogP contribution in [0.25, 0.3) is 0 Å². The second kappa shape index (κ2) is 6.07. The number of carbonyl (C=O) groups is 1. The van der Waals surface area contributed by atoms with Crippen molar-refractivity contribution in [1.29, 1.82) is 0 Å². The Hall–Kier alpha value is -0.620. The van der Waals surface area contributed by atoms with Crippen molar-refractivity contribution in [2.24, 2.45) is 5.73 Å². The highest BCUT2D eigenvalue weighted by Crippen LogP contribution is 2.04. The molecule has 15 heavy (non-hydrogen) atoms. The molecule has 0 rings (SSSR count). The molecule has 0 saturated carbocycles. The van der Waals surface area contributed by atoms with E-state index in [1.54, 1.807) is 0 Å². The lowest BCUT2D eigenvalue weighted by Crippen LogP contribution is -2.43. The highest BCUT2D eigenvalue weighted by Gasteiger charge is 2.27. The van der Waals surface area contributed by atoms with Gasteiger partial charge in [-0.3, -0.25) is 4.79 Å². The van der Waals surface area contributed by atoms with Gasteiger partial charge in [0, 0.05) is 25.9 Å². The molecule has 2 N–H and O–H groups in total. The van der Waals surface area contributed by atoms with Crippen molar-refractivity contribution in [1.82, 2.24) is 4.90 Å². The molecule has 0 aromatic carbocycles. The number of carbonyl (C=O) groups excluding carboxylic acids is 1. The molecule has 0 bridgehead atoms. The SMILES string of the molecule is CCCN(CCN)C(=O)C(C)S(C)(=O)=O. The Morgan fingerprint density at radius 2 is 1.93 bits per heavy atom. The maximum Gasteiger partial charge on any atom is 0.240 e. The number of nitrogens with two attached hydrogens (primary N) is 1. The molecule has 0 aromatic heterocycles. The number of hydrogen-bond acceptors (Lipinski definition) is 4. The van der Waals surface area contributed by atoms with Gasteiger partial charge in [0.2, 0.25) is 5.91 Å². The molecule has 0 aliphatic carbocycles. The van der Waals surface area contributed by atoms with Crippen molar-refractivity contribution in [2.45, 2.75) is 25.5 Å². The summed E-state index contributed by atoms with van der Waals surface area (Å²) in [5, 5.41) is -0.976. The van der Waals surface area contributed by atoms with Crippen LogP contribution in [-0.2, 0) is 14.6 Å². The van der Waals surface area contributed by atoms with Gasteiger partial charge in [0.25, 0.3) is 0 Å². The first-order valence-corrected chi connectivity index (χ1v) is 6.97. The second-order valence-electron chi connectivity index (χ2n) is 3.59. The van der Waals surface area contributed by atoms with Gasteiger partial charge in [0.05, 0.1) is 0 Å². The van der Waals surface area contributed by atoms with Crippen molar-refractivity contribution in [2.75, 3.05) is 25.9 Å². The van der Waals surface area contributed by atoms with Gasteiger partial charge in [-0.25, -0.2) is 8.42 Å². The van der Waals surface area contributed by atoms with E-state index in [1.165, 1.54) is 11.8 Å². The molecule has 0 fully saturated rings. The third kappa shape index (κ3) is 4.61. The van der Waals surface area contributed by atoms with Gasteiger partial charge in [-0.1, -0.05) is 6.92 Å². The van der Waals surface area contributed by atoms with Crippen molar-refractivity contribution in [3.05, 3.63) is 0 Å². The van der Waals surface area contributed by atoms with Gasteiger partial charge in [0.15, 0.2) is 9.84 Å².